The third kappa shape index (κ3) is 3.78. The maximum atomic E-state index is 12.3. The first-order chi connectivity index (χ1) is 7.04. The van der Waals surface area contributed by atoms with Crippen LogP contribution in [0.3, 0.4) is 0 Å². The second-order valence-electron chi connectivity index (χ2n) is 3.31. The number of unbranched alkanes of at least 4 members (excludes halogenated alkanes) is 1. The van der Waals surface area contributed by atoms with E-state index >= 15 is 0 Å². The molecule has 0 fully saturated rings. The van der Waals surface area contributed by atoms with Gasteiger partial charge in [-0.15, -0.1) is 0 Å². The van der Waals surface area contributed by atoms with Gasteiger partial charge in [-0.25, -0.2) is 0 Å². The van der Waals surface area contributed by atoms with Crippen LogP contribution in [0.25, 0.3) is 6.08 Å². The molecule has 0 unspecified atom stereocenters. The lowest BCUT2D eigenvalue weighted by Crippen LogP contribution is -2.04. The third-order valence-corrected chi connectivity index (χ3v) is 1.98. The van der Waals surface area contributed by atoms with Crippen LogP contribution in [0.1, 0.15) is 30.9 Å². The first kappa shape index (κ1) is 11.8. The van der Waals surface area contributed by atoms with E-state index in [2.05, 4.69) is 0 Å². The molecule has 0 aromatic heterocycles. The average molecular weight is 214 g/mol. The molecule has 1 aromatic rings. The van der Waals surface area contributed by atoms with Crippen molar-refractivity contribution in [2.24, 2.45) is 0 Å². The van der Waals surface area contributed by atoms with E-state index in [0.29, 0.717) is 5.56 Å². The first-order valence-corrected chi connectivity index (χ1v) is 4.88. The van der Waals surface area contributed by atoms with Gasteiger partial charge in [0.2, 0.25) is 0 Å². The second-order valence-corrected chi connectivity index (χ2v) is 3.31. The summed E-state index contributed by atoms with van der Waals surface area (Å²) in [6.07, 6.45) is 1.23. The van der Waals surface area contributed by atoms with Gasteiger partial charge in [-0.1, -0.05) is 37.6 Å². The van der Waals surface area contributed by atoms with Gasteiger partial charge in [0.05, 0.1) is 5.56 Å². The fraction of sp³-hybridized carbons (Fsp3) is 0.333. The highest BCUT2D eigenvalue weighted by atomic mass is 19.4. The Bertz CT molecular complexity index is 337. The Kier molecular flexibility index (Phi) is 3.95. The van der Waals surface area contributed by atoms with Gasteiger partial charge in [-0.3, -0.25) is 0 Å². The highest BCUT2D eigenvalue weighted by Crippen LogP contribution is 2.29. The minimum atomic E-state index is -4.26. The fourth-order valence-electron chi connectivity index (χ4n) is 1.20. The highest BCUT2D eigenvalue weighted by Gasteiger charge is 2.30. The summed E-state index contributed by atoms with van der Waals surface area (Å²) >= 11 is 0. The number of hydrogen-bond acceptors (Lipinski definition) is 0. The largest absolute Gasteiger partial charge is 0.416 e. The SMILES string of the molecule is CCC/C=C/c1cccc(C(F)(F)F)c1. The number of halogens is 3. The Balaban J connectivity index is 2.84. The Labute approximate surface area is 87.4 Å². The molecule has 0 radical (unpaired) electrons. The van der Waals surface area contributed by atoms with E-state index in [1.165, 1.54) is 6.07 Å². The third-order valence-electron chi connectivity index (χ3n) is 1.98. The van der Waals surface area contributed by atoms with Crippen molar-refractivity contribution >= 4 is 6.08 Å². The zero-order chi connectivity index (χ0) is 11.3. The van der Waals surface area contributed by atoms with Crippen LogP contribution in [-0.4, -0.2) is 0 Å². The predicted molar refractivity (Wildman–Crippen MR) is 55.4 cm³/mol. The summed E-state index contributed by atoms with van der Waals surface area (Å²) < 4.78 is 37.0. The standard InChI is InChI=1S/C12H13F3/c1-2-3-4-6-10-7-5-8-11(9-10)12(13,14)15/h4-9H,2-3H2,1H3/b6-4+. The molecule has 0 aliphatic rings. The molecule has 15 heavy (non-hydrogen) atoms. The van der Waals surface area contributed by atoms with Gasteiger partial charge in [0.1, 0.15) is 0 Å². The minimum Gasteiger partial charge on any atom is -0.166 e. The Morgan fingerprint density at radius 1 is 1.27 bits per heavy atom. The van der Waals surface area contributed by atoms with Crippen molar-refractivity contribution in [1.29, 1.82) is 0 Å². The number of rotatable bonds is 3. The van der Waals surface area contributed by atoms with Crippen molar-refractivity contribution < 1.29 is 13.2 Å². The van der Waals surface area contributed by atoms with E-state index < -0.39 is 11.7 Å². The van der Waals surface area contributed by atoms with Crippen LogP contribution in [0.2, 0.25) is 0 Å². The molecular weight excluding hydrogens is 201 g/mol. The maximum absolute atomic E-state index is 12.3. The van der Waals surface area contributed by atoms with E-state index in [1.54, 1.807) is 12.1 Å². The van der Waals surface area contributed by atoms with Crippen molar-refractivity contribution in [2.75, 3.05) is 0 Å². The topological polar surface area (TPSA) is 0 Å². The molecule has 0 saturated carbocycles. The fourth-order valence-corrected chi connectivity index (χ4v) is 1.20. The monoisotopic (exact) mass is 214 g/mol. The smallest absolute Gasteiger partial charge is 0.166 e. The molecule has 0 nitrogen and oxygen atoms in total. The van der Waals surface area contributed by atoms with Crippen molar-refractivity contribution in [1.82, 2.24) is 0 Å². The molecular formula is C12H13F3. The van der Waals surface area contributed by atoms with Gasteiger partial charge in [0, 0.05) is 0 Å². The highest BCUT2D eigenvalue weighted by molar-refractivity contribution is 5.50. The zero-order valence-electron chi connectivity index (χ0n) is 8.51. The van der Waals surface area contributed by atoms with Crippen molar-refractivity contribution in [2.45, 2.75) is 25.9 Å². The van der Waals surface area contributed by atoms with E-state index in [9.17, 15) is 13.2 Å². The van der Waals surface area contributed by atoms with Crippen molar-refractivity contribution in [3.63, 3.8) is 0 Å². The van der Waals surface area contributed by atoms with E-state index in [-0.39, 0.29) is 0 Å². The van der Waals surface area contributed by atoms with Gasteiger partial charge >= 0.3 is 6.18 Å². The number of allylic oxidation sites excluding steroid dienone is 1. The lowest BCUT2D eigenvalue weighted by Gasteiger charge is -2.06. The summed E-state index contributed by atoms with van der Waals surface area (Å²) in [4.78, 5) is 0. The van der Waals surface area contributed by atoms with Crippen molar-refractivity contribution in [3.05, 3.63) is 41.5 Å². The Morgan fingerprint density at radius 3 is 2.60 bits per heavy atom. The van der Waals surface area contributed by atoms with E-state index in [1.807, 2.05) is 13.0 Å². The first-order valence-electron chi connectivity index (χ1n) is 4.88. The van der Waals surface area contributed by atoms with Gasteiger partial charge < -0.3 is 0 Å². The second kappa shape index (κ2) is 5.01. The molecule has 0 amide bonds. The van der Waals surface area contributed by atoms with Crippen LogP contribution in [0.15, 0.2) is 30.3 Å². The zero-order valence-corrected chi connectivity index (χ0v) is 8.51. The van der Waals surface area contributed by atoms with Crippen LogP contribution < -0.4 is 0 Å². The van der Waals surface area contributed by atoms with Crippen LogP contribution in [-0.2, 0) is 6.18 Å². The van der Waals surface area contributed by atoms with Crippen molar-refractivity contribution in [3.8, 4) is 0 Å². The number of alkyl halides is 3. The van der Waals surface area contributed by atoms with Crippen LogP contribution in [0.5, 0.6) is 0 Å². The molecule has 0 atom stereocenters. The molecule has 1 aromatic carbocycles. The number of hydrogen-bond donors (Lipinski definition) is 0. The summed E-state index contributed by atoms with van der Waals surface area (Å²) in [5.41, 5.74) is -0.000534. The van der Waals surface area contributed by atoms with Crippen LogP contribution >= 0.6 is 0 Å². The molecule has 0 bridgehead atoms. The number of benzene rings is 1. The Morgan fingerprint density at radius 2 is 2.00 bits per heavy atom. The predicted octanol–water partition coefficient (Wildman–Crippen LogP) is 4.52. The quantitative estimate of drug-likeness (QED) is 0.694. The molecule has 0 N–H and O–H groups in total. The lowest BCUT2D eigenvalue weighted by molar-refractivity contribution is -0.137. The Hall–Kier alpha value is -1.25. The van der Waals surface area contributed by atoms with Crippen LogP contribution in [0, 0.1) is 0 Å². The molecule has 0 spiro atoms. The maximum Gasteiger partial charge on any atom is 0.416 e. The molecule has 3 heteroatoms. The molecule has 0 saturated heterocycles. The summed E-state index contributed by atoms with van der Waals surface area (Å²) in [5.74, 6) is 0. The molecule has 0 aliphatic carbocycles. The van der Waals surface area contributed by atoms with Gasteiger partial charge in [0.25, 0.3) is 0 Å². The van der Waals surface area contributed by atoms with Crippen LogP contribution in [0.4, 0.5) is 13.2 Å². The molecule has 0 heterocycles. The van der Waals surface area contributed by atoms with E-state index in [0.717, 1.165) is 25.0 Å². The average Bonchev–Trinajstić information content (AvgIpc) is 2.17. The minimum absolute atomic E-state index is 0.596. The van der Waals surface area contributed by atoms with E-state index in [4.69, 9.17) is 0 Å². The summed E-state index contributed by atoms with van der Waals surface area (Å²) in [6, 6.07) is 5.33. The molecule has 0 aliphatic heterocycles. The normalized spacial score (nSPS) is 12.3. The van der Waals surface area contributed by atoms with Gasteiger partial charge in [0.15, 0.2) is 0 Å². The summed E-state index contributed by atoms with van der Waals surface area (Å²) in [7, 11) is 0. The lowest BCUT2D eigenvalue weighted by atomic mass is 10.1. The van der Waals surface area contributed by atoms with Gasteiger partial charge in [-0.2, -0.15) is 13.2 Å². The van der Waals surface area contributed by atoms with Gasteiger partial charge in [-0.05, 0) is 24.1 Å². The molecule has 1 rings (SSSR count). The summed E-state index contributed by atoms with van der Waals surface area (Å²) in [6.45, 7) is 2.02. The summed E-state index contributed by atoms with van der Waals surface area (Å²) in [5, 5.41) is 0. The molecule has 82 valence electrons.